The minimum absolute atomic E-state index is 0.0933. The molecule has 5 saturated carbocycles. The zero-order valence-corrected chi connectivity index (χ0v) is 27.7. The van der Waals surface area contributed by atoms with Crippen LogP contribution < -0.4 is 0 Å². The number of ketones is 1. The number of esters is 1. The summed E-state index contributed by atoms with van der Waals surface area (Å²) in [4.78, 5) is 29.7. The second kappa shape index (κ2) is 10.7. The number of morpholine rings is 1. The van der Waals surface area contributed by atoms with Gasteiger partial charge in [-0.1, -0.05) is 46.8 Å². The third-order valence-electron chi connectivity index (χ3n) is 15.2. The summed E-state index contributed by atoms with van der Waals surface area (Å²) < 4.78 is 11.7. The molecule has 0 aromatic carbocycles. The van der Waals surface area contributed by atoms with E-state index in [1.807, 2.05) is 0 Å². The molecule has 1 aliphatic heterocycles. The Kier molecular flexibility index (Phi) is 7.86. The number of ether oxygens (including phenoxy) is 2. The molecule has 1 heterocycles. The summed E-state index contributed by atoms with van der Waals surface area (Å²) in [7, 11) is 0. The number of carbonyl (C=O) groups is 2. The SMILES string of the molecule is C=C(C)[C@@H]1CC[C@]2(C(=O)OCCCN3CCOCC3)CC[C@]3(C)[C@H](CC[C@@H]4[C@@]5(C)CCC(=O)C(C)(C)[C@@H]5CC[C@]43C)[C@@H]12. The molecule has 6 rings (SSSR count). The van der Waals surface area contributed by atoms with Crippen molar-refractivity contribution >= 4 is 11.8 Å². The Morgan fingerprint density at radius 3 is 2.38 bits per heavy atom. The maximum absolute atomic E-state index is 14.2. The van der Waals surface area contributed by atoms with E-state index in [9.17, 15) is 9.59 Å². The Morgan fingerprint density at radius 2 is 1.67 bits per heavy atom. The van der Waals surface area contributed by atoms with Gasteiger partial charge in [0.15, 0.2) is 0 Å². The van der Waals surface area contributed by atoms with Crippen LogP contribution in [0.4, 0.5) is 0 Å². The van der Waals surface area contributed by atoms with Crippen molar-refractivity contribution < 1.29 is 19.1 Å². The molecule has 0 N–H and O–H groups in total. The van der Waals surface area contributed by atoms with Crippen LogP contribution in [0.3, 0.4) is 0 Å². The van der Waals surface area contributed by atoms with Crippen LogP contribution in [0.5, 0.6) is 0 Å². The molecule has 0 aromatic heterocycles. The second-order valence-corrected chi connectivity index (χ2v) is 16.9. The Bertz CT molecular complexity index is 1090. The number of fused-ring (bicyclic) bond motifs is 7. The average molecular weight is 582 g/mol. The van der Waals surface area contributed by atoms with Gasteiger partial charge in [-0.25, -0.2) is 0 Å². The van der Waals surface area contributed by atoms with E-state index in [4.69, 9.17) is 9.47 Å². The molecule has 1 saturated heterocycles. The molecular formula is C37H59NO4. The third kappa shape index (κ3) is 4.36. The van der Waals surface area contributed by atoms with Crippen LogP contribution in [-0.2, 0) is 19.1 Å². The standard InChI is InChI=1S/C37H59NO4/c1-25(2)26-11-16-37(32(40)42-22-8-19-38-20-23-41-24-21-38)18-17-35(6)27(31(26)37)9-10-29-34(5)14-13-30(39)33(3,4)28(34)12-15-36(29,35)7/h26-29,31H,1,8-24H2,2-7H3/t26-,27+,28-,29+,31+,34-,35+,36+,37-/m0/s1. The maximum Gasteiger partial charge on any atom is 0.312 e. The number of Topliss-reactive ketones (excluding diaryl/α,β-unsaturated/α-hetero) is 1. The van der Waals surface area contributed by atoms with Crippen LogP contribution in [0, 0.1) is 56.7 Å². The predicted molar refractivity (Wildman–Crippen MR) is 167 cm³/mol. The van der Waals surface area contributed by atoms with Crippen LogP contribution in [0.25, 0.3) is 0 Å². The number of rotatable bonds is 6. The van der Waals surface area contributed by atoms with Crippen LogP contribution >= 0.6 is 0 Å². The summed E-state index contributed by atoms with van der Waals surface area (Å²) in [6, 6.07) is 0. The Morgan fingerprint density at radius 1 is 0.929 bits per heavy atom. The van der Waals surface area contributed by atoms with E-state index in [-0.39, 0.29) is 33.0 Å². The van der Waals surface area contributed by atoms with E-state index in [1.165, 1.54) is 24.8 Å². The fourth-order valence-corrected chi connectivity index (χ4v) is 12.7. The van der Waals surface area contributed by atoms with Crippen LogP contribution in [-0.4, -0.2) is 56.1 Å². The Labute approximate surface area is 255 Å². The monoisotopic (exact) mass is 581 g/mol. The van der Waals surface area contributed by atoms with Gasteiger partial charge >= 0.3 is 5.97 Å². The van der Waals surface area contributed by atoms with Gasteiger partial charge in [0.2, 0.25) is 0 Å². The largest absolute Gasteiger partial charge is 0.465 e. The first-order valence-corrected chi connectivity index (χ1v) is 17.5. The molecule has 0 bridgehead atoms. The third-order valence-corrected chi connectivity index (χ3v) is 15.2. The van der Waals surface area contributed by atoms with Gasteiger partial charge in [-0.2, -0.15) is 0 Å². The van der Waals surface area contributed by atoms with Crippen molar-refractivity contribution in [3.8, 4) is 0 Å². The van der Waals surface area contributed by atoms with Crippen molar-refractivity contribution in [3.63, 3.8) is 0 Å². The highest BCUT2D eigenvalue weighted by atomic mass is 16.5. The lowest BCUT2D eigenvalue weighted by molar-refractivity contribution is -0.236. The van der Waals surface area contributed by atoms with Crippen LogP contribution in [0.1, 0.15) is 112 Å². The van der Waals surface area contributed by atoms with Gasteiger partial charge in [0.1, 0.15) is 5.78 Å². The summed E-state index contributed by atoms with van der Waals surface area (Å²) in [5.74, 6) is 2.97. The highest BCUT2D eigenvalue weighted by molar-refractivity contribution is 5.85. The van der Waals surface area contributed by atoms with Gasteiger partial charge in [-0.05, 0) is 117 Å². The first-order valence-electron chi connectivity index (χ1n) is 17.5. The number of nitrogens with zero attached hydrogens (tertiary/aromatic N) is 1. The second-order valence-electron chi connectivity index (χ2n) is 16.9. The molecule has 5 nitrogen and oxygen atoms in total. The Hall–Kier alpha value is -1.20. The van der Waals surface area contributed by atoms with Gasteiger partial charge in [0.05, 0.1) is 25.2 Å². The maximum atomic E-state index is 14.2. The van der Waals surface area contributed by atoms with Crippen molar-refractivity contribution in [2.24, 2.45) is 56.7 Å². The minimum Gasteiger partial charge on any atom is -0.465 e. The van der Waals surface area contributed by atoms with Crippen LogP contribution in [0.15, 0.2) is 12.2 Å². The molecule has 9 atom stereocenters. The summed E-state index contributed by atoms with van der Waals surface area (Å²) in [5, 5.41) is 0. The molecular weight excluding hydrogens is 522 g/mol. The average Bonchev–Trinajstić information content (AvgIpc) is 3.36. The van der Waals surface area contributed by atoms with Gasteiger partial charge < -0.3 is 9.47 Å². The first kappa shape index (κ1) is 30.8. The van der Waals surface area contributed by atoms with Crippen molar-refractivity contribution in [2.75, 3.05) is 39.5 Å². The first-order chi connectivity index (χ1) is 19.8. The van der Waals surface area contributed by atoms with Crippen molar-refractivity contribution in [2.45, 2.75) is 112 Å². The summed E-state index contributed by atoms with van der Waals surface area (Å²) in [6.45, 7) is 24.1. The van der Waals surface area contributed by atoms with Crippen LogP contribution in [0.2, 0.25) is 0 Å². The summed E-state index contributed by atoms with van der Waals surface area (Å²) in [6.07, 6.45) is 11.6. The lowest BCUT2D eigenvalue weighted by Gasteiger charge is -2.72. The number of carbonyl (C=O) groups excluding carboxylic acids is 2. The zero-order chi connectivity index (χ0) is 30.1. The quantitative estimate of drug-likeness (QED) is 0.185. The van der Waals surface area contributed by atoms with E-state index < -0.39 is 0 Å². The number of hydrogen-bond donors (Lipinski definition) is 0. The molecule has 0 unspecified atom stereocenters. The highest BCUT2D eigenvalue weighted by Gasteiger charge is 2.72. The van der Waals surface area contributed by atoms with Gasteiger partial charge in [0, 0.05) is 31.5 Å². The topological polar surface area (TPSA) is 55.8 Å². The van der Waals surface area contributed by atoms with Crippen molar-refractivity contribution in [1.82, 2.24) is 4.90 Å². The van der Waals surface area contributed by atoms with Gasteiger partial charge in [-0.15, -0.1) is 0 Å². The van der Waals surface area contributed by atoms with Gasteiger partial charge in [-0.3, -0.25) is 14.5 Å². The molecule has 42 heavy (non-hydrogen) atoms. The van der Waals surface area contributed by atoms with E-state index in [1.54, 1.807) is 0 Å². The Balaban J connectivity index is 1.25. The van der Waals surface area contributed by atoms with Gasteiger partial charge in [0.25, 0.3) is 0 Å². The van der Waals surface area contributed by atoms with E-state index >= 15 is 0 Å². The fraction of sp³-hybridized carbons (Fsp3) is 0.892. The van der Waals surface area contributed by atoms with E-state index in [0.717, 1.165) is 84.2 Å². The van der Waals surface area contributed by atoms with E-state index in [0.29, 0.717) is 42.0 Å². The number of hydrogen-bond acceptors (Lipinski definition) is 5. The minimum atomic E-state index is -0.351. The molecule has 0 amide bonds. The summed E-state index contributed by atoms with van der Waals surface area (Å²) in [5.41, 5.74) is 1.34. The summed E-state index contributed by atoms with van der Waals surface area (Å²) >= 11 is 0. The smallest absolute Gasteiger partial charge is 0.312 e. The zero-order valence-electron chi connectivity index (χ0n) is 27.7. The molecule has 6 fully saturated rings. The normalized spacial score (nSPS) is 46.6. The van der Waals surface area contributed by atoms with E-state index in [2.05, 4.69) is 53.0 Å². The predicted octanol–water partition coefficient (Wildman–Crippen LogP) is 7.48. The van der Waals surface area contributed by atoms with Crippen molar-refractivity contribution in [3.05, 3.63) is 12.2 Å². The highest BCUT2D eigenvalue weighted by Crippen LogP contribution is 2.77. The molecule has 6 aliphatic rings. The molecule has 0 spiro atoms. The molecule has 0 aromatic rings. The molecule has 5 heteroatoms. The molecule has 236 valence electrons. The molecule has 0 radical (unpaired) electrons. The number of allylic oxidation sites excluding steroid dienone is 1. The lowest BCUT2D eigenvalue weighted by atomic mass is 9.32. The fourth-order valence-electron chi connectivity index (χ4n) is 12.7. The lowest BCUT2D eigenvalue weighted by Crippen LogP contribution is -2.66. The van der Waals surface area contributed by atoms with Crippen molar-refractivity contribution in [1.29, 1.82) is 0 Å². The molecule has 5 aliphatic carbocycles.